The molecule has 0 N–H and O–H groups in total. The molecule has 0 amide bonds. The zero-order valence-corrected chi connectivity index (χ0v) is 7.21. The Morgan fingerprint density at radius 1 is 1.45 bits per heavy atom. The van der Waals surface area contributed by atoms with E-state index >= 15 is 0 Å². The topological polar surface area (TPSA) is 17.1 Å². The van der Waals surface area contributed by atoms with Gasteiger partial charge >= 0.3 is 0 Å². The first kappa shape index (κ1) is 7.19. The second-order valence-electron chi connectivity index (χ2n) is 2.35. The summed E-state index contributed by atoms with van der Waals surface area (Å²) in [4.78, 5) is 12.1. The van der Waals surface area contributed by atoms with Crippen molar-refractivity contribution in [2.45, 2.75) is 4.90 Å². The van der Waals surface area contributed by atoms with E-state index in [1.807, 2.05) is 6.07 Å². The van der Waals surface area contributed by atoms with Gasteiger partial charge in [-0.25, -0.2) is 0 Å². The van der Waals surface area contributed by atoms with Crippen LogP contribution in [0.1, 0.15) is 10.4 Å². The Bertz CT molecular complexity index is 322. The van der Waals surface area contributed by atoms with Crippen LogP contribution < -0.4 is 0 Å². The Kier molecular flexibility index (Phi) is 1.66. The fourth-order valence-electron chi connectivity index (χ4n) is 1.07. The van der Waals surface area contributed by atoms with Crippen LogP contribution in [0.15, 0.2) is 23.1 Å². The van der Waals surface area contributed by atoms with Crippen molar-refractivity contribution in [2.24, 2.45) is 0 Å². The Hall–Kier alpha value is -0.470. The monoisotopic (exact) mass is 184 g/mol. The van der Waals surface area contributed by atoms with E-state index in [-0.39, 0.29) is 5.78 Å². The molecule has 2 rings (SSSR count). The predicted molar refractivity (Wildman–Crippen MR) is 46.5 cm³/mol. The summed E-state index contributed by atoms with van der Waals surface area (Å²) in [6.07, 6.45) is 0. The second kappa shape index (κ2) is 2.54. The zero-order valence-electron chi connectivity index (χ0n) is 5.63. The van der Waals surface area contributed by atoms with Crippen molar-refractivity contribution >= 4 is 29.1 Å². The van der Waals surface area contributed by atoms with Crippen LogP contribution >= 0.6 is 23.4 Å². The Labute approximate surface area is 73.7 Å². The summed E-state index contributed by atoms with van der Waals surface area (Å²) >= 11 is 7.30. The molecule has 0 aliphatic carbocycles. The summed E-state index contributed by atoms with van der Waals surface area (Å²) in [7, 11) is 0. The summed E-state index contributed by atoms with van der Waals surface area (Å²) in [5.74, 6) is 0.775. The van der Waals surface area contributed by atoms with Gasteiger partial charge in [-0.1, -0.05) is 11.6 Å². The quantitative estimate of drug-likeness (QED) is 0.617. The molecule has 3 heteroatoms. The molecule has 56 valence electrons. The average molecular weight is 185 g/mol. The van der Waals surface area contributed by atoms with E-state index in [1.54, 1.807) is 23.9 Å². The molecule has 0 radical (unpaired) electrons. The Morgan fingerprint density at radius 2 is 2.27 bits per heavy atom. The largest absolute Gasteiger partial charge is 0.293 e. The number of rotatable bonds is 0. The lowest BCUT2D eigenvalue weighted by Crippen LogP contribution is -1.93. The molecule has 1 aromatic carbocycles. The Balaban J connectivity index is 2.59. The molecule has 1 aliphatic rings. The van der Waals surface area contributed by atoms with Crippen LogP contribution in [0.4, 0.5) is 0 Å². The maximum atomic E-state index is 11.1. The maximum Gasteiger partial charge on any atom is 0.174 e. The van der Waals surface area contributed by atoms with Crippen molar-refractivity contribution in [1.29, 1.82) is 0 Å². The molecule has 1 heterocycles. The average Bonchev–Trinajstić information content (AvgIpc) is 2.32. The van der Waals surface area contributed by atoms with E-state index in [0.717, 1.165) is 10.5 Å². The third-order valence-electron chi connectivity index (χ3n) is 1.60. The molecule has 1 nitrogen and oxygen atoms in total. The van der Waals surface area contributed by atoms with E-state index in [0.29, 0.717) is 10.8 Å². The standard InChI is InChI=1S/C8H5ClOS/c9-5-1-2-6-7(10)4-11-8(6)3-5/h1-3H,4H2. The summed E-state index contributed by atoms with van der Waals surface area (Å²) < 4.78 is 0. The zero-order chi connectivity index (χ0) is 7.84. The lowest BCUT2D eigenvalue weighted by atomic mass is 10.2. The van der Waals surface area contributed by atoms with Gasteiger partial charge in [0.25, 0.3) is 0 Å². The molecule has 0 unspecified atom stereocenters. The molecule has 1 aromatic rings. The van der Waals surface area contributed by atoms with E-state index < -0.39 is 0 Å². The predicted octanol–water partition coefficient (Wildman–Crippen LogP) is 2.63. The second-order valence-corrected chi connectivity index (χ2v) is 3.81. The third-order valence-corrected chi connectivity index (χ3v) is 2.89. The fraction of sp³-hybridized carbons (Fsp3) is 0.125. The van der Waals surface area contributed by atoms with Crippen molar-refractivity contribution in [1.82, 2.24) is 0 Å². The molecular weight excluding hydrogens is 180 g/mol. The van der Waals surface area contributed by atoms with Gasteiger partial charge in [-0.05, 0) is 18.2 Å². The number of hydrogen-bond donors (Lipinski definition) is 0. The van der Waals surface area contributed by atoms with Gasteiger partial charge in [-0.15, -0.1) is 11.8 Å². The first-order valence-corrected chi connectivity index (χ1v) is 4.59. The molecule has 0 fully saturated rings. The molecule has 11 heavy (non-hydrogen) atoms. The van der Waals surface area contributed by atoms with Gasteiger partial charge in [0.1, 0.15) is 0 Å². The van der Waals surface area contributed by atoms with Crippen molar-refractivity contribution in [3.05, 3.63) is 28.8 Å². The minimum Gasteiger partial charge on any atom is -0.293 e. The first-order valence-electron chi connectivity index (χ1n) is 3.23. The van der Waals surface area contributed by atoms with Crippen LogP contribution in [-0.2, 0) is 0 Å². The molecule has 0 aromatic heterocycles. The first-order chi connectivity index (χ1) is 5.27. The van der Waals surface area contributed by atoms with Gasteiger partial charge < -0.3 is 0 Å². The number of Topliss-reactive ketones (excluding diaryl/α,β-unsaturated/α-hetero) is 1. The maximum absolute atomic E-state index is 11.1. The highest BCUT2D eigenvalue weighted by Gasteiger charge is 2.19. The van der Waals surface area contributed by atoms with Crippen LogP contribution in [0.2, 0.25) is 5.02 Å². The Morgan fingerprint density at radius 3 is 3.09 bits per heavy atom. The molecule has 1 aliphatic heterocycles. The van der Waals surface area contributed by atoms with Crippen molar-refractivity contribution in [2.75, 3.05) is 5.75 Å². The van der Waals surface area contributed by atoms with Gasteiger partial charge in [0.15, 0.2) is 5.78 Å². The van der Waals surface area contributed by atoms with Crippen LogP contribution in [0.25, 0.3) is 0 Å². The normalized spacial score (nSPS) is 15.2. The van der Waals surface area contributed by atoms with Crippen molar-refractivity contribution in [3.8, 4) is 0 Å². The van der Waals surface area contributed by atoms with Gasteiger partial charge in [-0.2, -0.15) is 0 Å². The molecule has 0 saturated heterocycles. The van der Waals surface area contributed by atoms with E-state index in [1.165, 1.54) is 0 Å². The van der Waals surface area contributed by atoms with Crippen LogP contribution in [-0.4, -0.2) is 11.5 Å². The van der Waals surface area contributed by atoms with Crippen molar-refractivity contribution in [3.63, 3.8) is 0 Å². The lowest BCUT2D eigenvalue weighted by Gasteiger charge is -1.94. The molecule has 0 bridgehead atoms. The highest BCUT2D eigenvalue weighted by Crippen LogP contribution is 2.32. The molecule has 0 atom stereocenters. The summed E-state index contributed by atoms with van der Waals surface area (Å²) in [5, 5.41) is 0.700. The molecule has 0 spiro atoms. The molecule has 0 saturated carbocycles. The SMILES string of the molecule is O=C1CSc2cc(Cl)ccc21. The van der Waals surface area contributed by atoms with Gasteiger partial charge in [0, 0.05) is 15.5 Å². The van der Waals surface area contributed by atoms with Crippen molar-refractivity contribution < 1.29 is 4.79 Å². The minimum atomic E-state index is 0.210. The number of carbonyl (C=O) groups is 1. The van der Waals surface area contributed by atoms with Gasteiger partial charge in [0.05, 0.1) is 5.75 Å². The van der Waals surface area contributed by atoms with Crippen LogP contribution in [0, 0.1) is 0 Å². The van der Waals surface area contributed by atoms with Crippen LogP contribution in [0.3, 0.4) is 0 Å². The van der Waals surface area contributed by atoms with Gasteiger partial charge in [-0.3, -0.25) is 4.79 Å². The highest BCUT2D eigenvalue weighted by atomic mass is 35.5. The van der Waals surface area contributed by atoms with E-state index in [9.17, 15) is 4.79 Å². The number of benzene rings is 1. The minimum absolute atomic E-state index is 0.210. The van der Waals surface area contributed by atoms with Gasteiger partial charge in [0.2, 0.25) is 0 Å². The number of hydrogen-bond acceptors (Lipinski definition) is 2. The summed E-state index contributed by atoms with van der Waals surface area (Å²) in [6, 6.07) is 5.39. The van der Waals surface area contributed by atoms with E-state index in [4.69, 9.17) is 11.6 Å². The molecular formula is C8H5ClOS. The number of fused-ring (bicyclic) bond motifs is 1. The number of carbonyl (C=O) groups excluding carboxylic acids is 1. The highest BCUT2D eigenvalue weighted by molar-refractivity contribution is 8.00. The van der Waals surface area contributed by atoms with Crippen LogP contribution in [0.5, 0.6) is 0 Å². The smallest absolute Gasteiger partial charge is 0.174 e. The summed E-state index contributed by atoms with van der Waals surface area (Å²) in [6.45, 7) is 0. The third kappa shape index (κ3) is 1.17. The lowest BCUT2D eigenvalue weighted by molar-refractivity contribution is 0.102. The van der Waals surface area contributed by atoms with E-state index in [2.05, 4.69) is 0 Å². The fourth-order valence-corrected chi connectivity index (χ4v) is 2.29. The summed E-state index contributed by atoms with van der Waals surface area (Å²) in [5.41, 5.74) is 0.819. The number of halogens is 1. The number of thioether (sulfide) groups is 1. The number of ketones is 1.